The van der Waals surface area contributed by atoms with Crippen LogP contribution in [0, 0.1) is 0 Å². The number of anilines is 1. The molecule has 0 aliphatic heterocycles. The lowest BCUT2D eigenvalue weighted by Gasteiger charge is -2.11. The first-order chi connectivity index (χ1) is 13.5. The van der Waals surface area contributed by atoms with Crippen LogP contribution in [0.15, 0.2) is 60.3 Å². The van der Waals surface area contributed by atoms with Gasteiger partial charge in [-0.3, -0.25) is 14.4 Å². The third-order valence-corrected chi connectivity index (χ3v) is 3.52. The number of carbonyl (C=O) groups excluding carboxylic acids is 3. The first kappa shape index (κ1) is 20.7. The summed E-state index contributed by atoms with van der Waals surface area (Å²) in [5.41, 5.74) is 1.45. The van der Waals surface area contributed by atoms with Gasteiger partial charge in [0.15, 0.2) is 6.61 Å². The molecular weight excluding hydrogens is 358 g/mol. The van der Waals surface area contributed by atoms with Crippen molar-refractivity contribution in [1.82, 2.24) is 10.6 Å². The highest BCUT2D eigenvalue weighted by atomic mass is 16.5. The third-order valence-electron chi connectivity index (χ3n) is 3.52. The molecule has 2 aromatic carbocycles. The molecule has 0 radical (unpaired) electrons. The van der Waals surface area contributed by atoms with E-state index in [1.165, 1.54) is 6.92 Å². The minimum absolute atomic E-state index is 0.0773. The zero-order chi connectivity index (χ0) is 20.4. The molecule has 3 N–H and O–H groups in total. The topological polar surface area (TPSA) is 96.5 Å². The summed E-state index contributed by atoms with van der Waals surface area (Å²) in [6.45, 7) is 3.64. The maximum absolute atomic E-state index is 12.5. The number of hydrogen-bond donors (Lipinski definition) is 3. The molecular formula is C21H23N3O4. The maximum Gasteiger partial charge on any atom is 0.272 e. The van der Waals surface area contributed by atoms with Crippen molar-refractivity contribution < 1.29 is 19.1 Å². The molecule has 0 spiro atoms. The molecule has 0 saturated carbocycles. The van der Waals surface area contributed by atoms with Crippen LogP contribution in [0.3, 0.4) is 0 Å². The quantitative estimate of drug-likeness (QED) is 0.612. The zero-order valence-corrected chi connectivity index (χ0v) is 15.8. The summed E-state index contributed by atoms with van der Waals surface area (Å²) < 4.78 is 5.37. The number of rotatable bonds is 8. The standard InChI is InChI=1S/C21H23N3O4/c1-3-22-20(26)14-28-18-11-9-17(10-12-18)24-21(27)19(23-15(2)25)13-16-7-5-4-6-8-16/h4-13H,3,14H2,1-2H3,(H,22,26)(H,23,25)(H,24,27)/b19-13-. The van der Waals surface area contributed by atoms with Gasteiger partial charge in [-0.1, -0.05) is 30.3 Å². The van der Waals surface area contributed by atoms with Crippen LogP contribution < -0.4 is 20.7 Å². The zero-order valence-electron chi connectivity index (χ0n) is 15.8. The highest BCUT2D eigenvalue weighted by molar-refractivity contribution is 6.08. The average molecular weight is 381 g/mol. The van der Waals surface area contributed by atoms with Crippen molar-refractivity contribution >= 4 is 29.5 Å². The van der Waals surface area contributed by atoms with Gasteiger partial charge in [0.25, 0.3) is 11.8 Å². The smallest absolute Gasteiger partial charge is 0.272 e. The minimum Gasteiger partial charge on any atom is -0.484 e. The second kappa shape index (κ2) is 10.5. The van der Waals surface area contributed by atoms with E-state index in [0.29, 0.717) is 18.0 Å². The van der Waals surface area contributed by atoms with E-state index in [1.807, 2.05) is 37.3 Å². The molecule has 0 bridgehead atoms. The fraction of sp³-hybridized carbons (Fsp3) is 0.190. The number of hydrogen-bond acceptors (Lipinski definition) is 4. The van der Waals surface area contributed by atoms with E-state index >= 15 is 0 Å². The maximum atomic E-state index is 12.5. The number of likely N-dealkylation sites (N-methyl/N-ethyl adjacent to an activating group) is 1. The second-order valence-corrected chi connectivity index (χ2v) is 5.87. The summed E-state index contributed by atoms with van der Waals surface area (Å²) in [5, 5.41) is 7.91. The lowest BCUT2D eigenvalue weighted by molar-refractivity contribution is -0.123. The molecule has 0 heterocycles. The van der Waals surface area contributed by atoms with Crippen LogP contribution in [0.1, 0.15) is 19.4 Å². The summed E-state index contributed by atoms with van der Waals surface area (Å²) in [5.74, 6) is -0.487. The molecule has 7 nitrogen and oxygen atoms in total. The molecule has 0 aliphatic carbocycles. The number of ether oxygens (including phenoxy) is 1. The van der Waals surface area contributed by atoms with Crippen LogP contribution in [-0.2, 0) is 14.4 Å². The summed E-state index contributed by atoms with van der Waals surface area (Å²) in [4.78, 5) is 35.4. The van der Waals surface area contributed by atoms with Crippen molar-refractivity contribution in [3.05, 3.63) is 65.9 Å². The highest BCUT2D eigenvalue weighted by Crippen LogP contribution is 2.16. The van der Waals surface area contributed by atoms with Gasteiger partial charge in [-0.25, -0.2) is 0 Å². The van der Waals surface area contributed by atoms with E-state index in [-0.39, 0.29) is 24.1 Å². The van der Waals surface area contributed by atoms with E-state index in [9.17, 15) is 14.4 Å². The van der Waals surface area contributed by atoms with Gasteiger partial charge in [0, 0.05) is 19.2 Å². The Morgan fingerprint density at radius 2 is 1.68 bits per heavy atom. The van der Waals surface area contributed by atoms with E-state index in [1.54, 1.807) is 30.3 Å². The molecule has 28 heavy (non-hydrogen) atoms. The largest absolute Gasteiger partial charge is 0.484 e. The van der Waals surface area contributed by atoms with Crippen molar-refractivity contribution in [1.29, 1.82) is 0 Å². The van der Waals surface area contributed by atoms with Gasteiger partial charge in [-0.05, 0) is 42.8 Å². The van der Waals surface area contributed by atoms with Crippen LogP contribution in [0.5, 0.6) is 5.75 Å². The van der Waals surface area contributed by atoms with Crippen molar-refractivity contribution in [2.45, 2.75) is 13.8 Å². The Labute approximate surface area is 163 Å². The van der Waals surface area contributed by atoms with Crippen molar-refractivity contribution in [2.75, 3.05) is 18.5 Å². The van der Waals surface area contributed by atoms with Crippen LogP contribution in [0.4, 0.5) is 5.69 Å². The van der Waals surface area contributed by atoms with E-state index in [0.717, 1.165) is 5.56 Å². The van der Waals surface area contributed by atoms with Crippen molar-refractivity contribution in [2.24, 2.45) is 0 Å². The molecule has 0 saturated heterocycles. The molecule has 0 atom stereocenters. The van der Waals surface area contributed by atoms with Gasteiger partial charge >= 0.3 is 0 Å². The normalized spacial score (nSPS) is 10.7. The summed E-state index contributed by atoms with van der Waals surface area (Å²) in [7, 11) is 0. The van der Waals surface area contributed by atoms with Crippen LogP contribution in [0.25, 0.3) is 6.08 Å². The van der Waals surface area contributed by atoms with Gasteiger partial charge in [-0.2, -0.15) is 0 Å². The highest BCUT2D eigenvalue weighted by Gasteiger charge is 2.12. The number of benzene rings is 2. The first-order valence-corrected chi connectivity index (χ1v) is 8.83. The average Bonchev–Trinajstić information content (AvgIpc) is 2.67. The lowest BCUT2D eigenvalue weighted by atomic mass is 10.2. The number of amides is 3. The predicted octanol–water partition coefficient (Wildman–Crippen LogP) is 2.32. The van der Waals surface area contributed by atoms with Crippen LogP contribution in [0.2, 0.25) is 0 Å². The van der Waals surface area contributed by atoms with Gasteiger partial charge in [-0.15, -0.1) is 0 Å². The van der Waals surface area contributed by atoms with Gasteiger partial charge in [0.05, 0.1) is 0 Å². The van der Waals surface area contributed by atoms with Crippen molar-refractivity contribution in [3.8, 4) is 5.75 Å². The first-order valence-electron chi connectivity index (χ1n) is 8.83. The predicted molar refractivity (Wildman–Crippen MR) is 107 cm³/mol. The molecule has 7 heteroatoms. The Morgan fingerprint density at radius 1 is 1.00 bits per heavy atom. The molecule has 2 rings (SSSR count). The Morgan fingerprint density at radius 3 is 2.29 bits per heavy atom. The Kier molecular flexibility index (Phi) is 7.77. The third kappa shape index (κ3) is 6.95. The monoisotopic (exact) mass is 381 g/mol. The van der Waals surface area contributed by atoms with Crippen LogP contribution in [-0.4, -0.2) is 30.9 Å². The fourth-order valence-corrected chi connectivity index (χ4v) is 2.29. The van der Waals surface area contributed by atoms with E-state index in [2.05, 4.69) is 16.0 Å². The summed E-state index contributed by atoms with van der Waals surface area (Å²) in [6.07, 6.45) is 1.60. The number of carbonyl (C=O) groups is 3. The molecule has 3 amide bonds. The van der Waals surface area contributed by atoms with Gasteiger partial charge in [0.2, 0.25) is 5.91 Å². The SMILES string of the molecule is CCNC(=O)COc1ccc(NC(=O)/C(=C/c2ccccc2)NC(C)=O)cc1. The summed E-state index contributed by atoms with van der Waals surface area (Å²) >= 11 is 0. The Balaban J connectivity index is 2.03. The molecule has 0 aromatic heterocycles. The lowest BCUT2D eigenvalue weighted by Crippen LogP contribution is -2.29. The van der Waals surface area contributed by atoms with Gasteiger partial charge < -0.3 is 20.7 Å². The van der Waals surface area contributed by atoms with E-state index in [4.69, 9.17) is 4.74 Å². The molecule has 0 unspecified atom stereocenters. The molecule has 146 valence electrons. The second-order valence-electron chi connectivity index (χ2n) is 5.87. The molecule has 2 aromatic rings. The van der Waals surface area contributed by atoms with Crippen molar-refractivity contribution in [3.63, 3.8) is 0 Å². The number of nitrogens with one attached hydrogen (secondary N) is 3. The fourth-order valence-electron chi connectivity index (χ4n) is 2.29. The minimum atomic E-state index is -0.449. The summed E-state index contributed by atoms with van der Waals surface area (Å²) in [6, 6.07) is 15.8. The van der Waals surface area contributed by atoms with Gasteiger partial charge in [0.1, 0.15) is 11.4 Å². The Hall–Kier alpha value is -3.61. The molecule has 0 aliphatic rings. The van der Waals surface area contributed by atoms with E-state index < -0.39 is 5.91 Å². The van der Waals surface area contributed by atoms with Crippen LogP contribution >= 0.6 is 0 Å². The molecule has 0 fully saturated rings. The Bertz CT molecular complexity index is 846.